The second kappa shape index (κ2) is 4.85. The van der Waals surface area contributed by atoms with Crippen molar-refractivity contribution in [3.05, 3.63) is 23.9 Å². The maximum absolute atomic E-state index is 3.67. The maximum atomic E-state index is 3.67. The molecule has 0 nitrogen and oxygen atoms in total. The van der Waals surface area contributed by atoms with Crippen LogP contribution >= 0.6 is 0 Å². The lowest BCUT2D eigenvalue weighted by Crippen LogP contribution is -1.87. The molecule has 0 bridgehead atoms. The molecule has 0 amide bonds. The fraction of sp³-hybridized carbons (Fsp3) is 0.429. The Bertz CT molecular complexity index is 92.6. The first kappa shape index (κ1) is 7.70. The van der Waals surface area contributed by atoms with E-state index in [1.807, 2.05) is 6.08 Å². The maximum Gasteiger partial charge on any atom is 0.0524 e. The predicted molar refractivity (Wildman–Crippen MR) is 43.0 cm³/mol. The van der Waals surface area contributed by atoms with Gasteiger partial charge in [0.15, 0.2) is 0 Å². The van der Waals surface area contributed by atoms with Gasteiger partial charge in [0.05, 0.1) is 9.52 Å². The summed E-state index contributed by atoms with van der Waals surface area (Å²) in [5, 5.41) is 1.59. The molecule has 0 heterocycles. The van der Waals surface area contributed by atoms with Gasteiger partial charge in [0.2, 0.25) is 0 Å². The van der Waals surface area contributed by atoms with Crippen molar-refractivity contribution in [2.75, 3.05) is 0 Å². The fourth-order valence-corrected chi connectivity index (χ4v) is 1.42. The van der Waals surface area contributed by atoms with Crippen molar-refractivity contribution in [3.63, 3.8) is 0 Å². The largest absolute Gasteiger partial charge is 0.103 e. The Morgan fingerprint density at radius 1 is 1.75 bits per heavy atom. The lowest BCUT2D eigenvalue weighted by atomic mass is 10.6. The van der Waals surface area contributed by atoms with Crippen LogP contribution in [0.3, 0.4) is 0 Å². The van der Waals surface area contributed by atoms with Crippen LogP contribution < -0.4 is 0 Å². The zero-order valence-corrected chi connectivity index (χ0v) is 7.19. The molecule has 0 saturated carbocycles. The molecule has 0 fully saturated rings. The van der Waals surface area contributed by atoms with Crippen LogP contribution in [0.4, 0.5) is 0 Å². The molecule has 0 aromatic heterocycles. The third-order valence-electron chi connectivity index (χ3n) is 1.24. The van der Waals surface area contributed by atoms with Gasteiger partial charge in [-0.25, -0.2) is 0 Å². The van der Waals surface area contributed by atoms with E-state index in [1.54, 1.807) is 5.20 Å². The second-order valence-electron chi connectivity index (χ2n) is 1.96. The van der Waals surface area contributed by atoms with Gasteiger partial charge in [-0.15, -0.1) is 6.58 Å². The molecule has 0 N–H and O–H groups in total. The molecule has 0 atom stereocenters. The lowest BCUT2D eigenvalue weighted by Gasteiger charge is -1.91. The summed E-state index contributed by atoms with van der Waals surface area (Å²) in [6.07, 6.45) is 4.22. The van der Waals surface area contributed by atoms with Crippen molar-refractivity contribution in [2.24, 2.45) is 0 Å². The monoisotopic (exact) mass is 126 g/mol. The Morgan fingerprint density at radius 3 is 2.75 bits per heavy atom. The Hall–Kier alpha value is -0.303. The molecule has 0 unspecified atom stereocenters. The van der Waals surface area contributed by atoms with Crippen molar-refractivity contribution >= 4 is 9.52 Å². The minimum Gasteiger partial charge on any atom is -0.103 e. The summed E-state index contributed by atoms with van der Waals surface area (Å²) < 4.78 is 0. The van der Waals surface area contributed by atoms with E-state index in [0.29, 0.717) is 0 Å². The van der Waals surface area contributed by atoms with Crippen LogP contribution in [0, 0.1) is 0 Å². The molecule has 0 radical (unpaired) electrons. The van der Waals surface area contributed by atoms with E-state index in [4.69, 9.17) is 0 Å². The smallest absolute Gasteiger partial charge is 0.0524 e. The van der Waals surface area contributed by atoms with E-state index >= 15 is 0 Å². The molecular weight excluding hydrogens is 112 g/mol. The molecule has 0 rings (SSSR count). The topological polar surface area (TPSA) is 0 Å². The van der Waals surface area contributed by atoms with Crippen LogP contribution in [-0.2, 0) is 0 Å². The summed E-state index contributed by atoms with van der Waals surface area (Å²) in [5.74, 6) is 0. The van der Waals surface area contributed by atoms with Crippen molar-refractivity contribution in [1.82, 2.24) is 0 Å². The number of hydrogen-bond donors (Lipinski definition) is 0. The number of rotatable bonds is 3. The van der Waals surface area contributed by atoms with Crippen LogP contribution in [0.25, 0.3) is 0 Å². The average molecular weight is 126 g/mol. The lowest BCUT2D eigenvalue weighted by molar-refractivity contribution is 1.54. The Morgan fingerprint density at radius 2 is 2.38 bits per heavy atom. The van der Waals surface area contributed by atoms with Gasteiger partial charge in [-0.3, -0.25) is 0 Å². The standard InChI is InChI=1S/C7H14Si/c1-4-6-8-7(3)5-2/h4-5H,1,6,8H2,2-3H3. The van der Waals surface area contributed by atoms with Crippen LogP contribution in [0.1, 0.15) is 13.8 Å². The van der Waals surface area contributed by atoms with E-state index in [0.717, 1.165) is 0 Å². The Balaban J connectivity index is 3.24. The molecule has 46 valence electrons. The quantitative estimate of drug-likeness (QED) is 0.399. The molecule has 0 aliphatic heterocycles. The van der Waals surface area contributed by atoms with E-state index in [1.165, 1.54) is 6.04 Å². The van der Waals surface area contributed by atoms with Crippen molar-refractivity contribution in [3.8, 4) is 0 Å². The average Bonchev–Trinajstić information content (AvgIpc) is 1.83. The van der Waals surface area contributed by atoms with Crippen LogP contribution in [0.2, 0.25) is 6.04 Å². The van der Waals surface area contributed by atoms with Gasteiger partial charge < -0.3 is 0 Å². The van der Waals surface area contributed by atoms with Crippen molar-refractivity contribution < 1.29 is 0 Å². The molecule has 0 aromatic carbocycles. The van der Waals surface area contributed by atoms with Crippen molar-refractivity contribution in [1.29, 1.82) is 0 Å². The first-order chi connectivity index (χ1) is 3.81. The molecule has 0 saturated heterocycles. The summed E-state index contributed by atoms with van der Waals surface area (Å²) >= 11 is 0. The van der Waals surface area contributed by atoms with Crippen LogP contribution in [-0.4, -0.2) is 9.52 Å². The molecule has 0 aliphatic rings. The molecule has 1 heteroatoms. The molecule has 0 spiro atoms. The third-order valence-corrected chi connectivity index (χ3v) is 3.13. The van der Waals surface area contributed by atoms with Crippen LogP contribution in [0.15, 0.2) is 23.9 Å². The number of hydrogen-bond acceptors (Lipinski definition) is 0. The summed E-state index contributed by atoms with van der Waals surface area (Å²) in [4.78, 5) is 0. The first-order valence-electron chi connectivity index (χ1n) is 3.04. The highest BCUT2D eigenvalue weighted by molar-refractivity contribution is 6.45. The minimum absolute atomic E-state index is 0.0787. The van der Waals surface area contributed by atoms with E-state index in [9.17, 15) is 0 Å². The normalized spacial score (nSPS) is 13.0. The number of allylic oxidation sites excluding steroid dienone is 3. The highest BCUT2D eigenvalue weighted by Gasteiger charge is 1.83. The summed E-state index contributed by atoms with van der Waals surface area (Å²) in [6, 6.07) is 1.25. The summed E-state index contributed by atoms with van der Waals surface area (Å²) in [5.41, 5.74) is 0. The summed E-state index contributed by atoms with van der Waals surface area (Å²) in [7, 11) is 0.0787. The molecular formula is C7H14Si. The van der Waals surface area contributed by atoms with Gasteiger partial charge in [0.25, 0.3) is 0 Å². The first-order valence-corrected chi connectivity index (χ1v) is 4.74. The molecule has 0 aromatic rings. The van der Waals surface area contributed by atoms with Gasteiger partial charge in [0, 0.05) is 0 Å². The zero-order chi connectivity index (χ0) is 6.41. The van der Waals surface area contributed by atoms with Gasteiger partial charge in [-0.05, 0) is 19.9 Å². The van der Waals surface area contributed by atoms with E-state index in [2.05, 4.69) is 26.5 Å². The van der Waals surface area contributed by atoms with E-state index < -0.39 is 0 Å². The molecule has 8 heavy (non-hydrogen) atoms. The Labute approximate surface area is 54.1 Å². The third kappa shape index (κ3) is 3.87. The Kier molecular flexibility index (Phi) is 4.66. The van der Waals surface area contributed by atoms with Gasteiger partial charge in [0.1, 0.15) is 0 Å². The van der Waals surface area contributed by atoms with Crippen molar-refractivity contribution in [2.45, 2.75) is 19.9 Å². The highest BCUT2D eigenvalue weighted by Crippen LogP contribution is 1.91. The van der Waals surface area contributed by atoms with Gasteiger partial charge in [-0.1, -0.05) is 17.3 Å². The van der Waals surface area contributed by atoms with Gasteiger partial charge >= 0.3 is 0 Å². The summed E-state index contributed by atoms with van der Waals surface area (Å²) in [6.45, 7) is 7.98. The SMILES string of the molecule is C=CC[SiH2]C(C)=CC. The zero-order valence-electron chi connectivity index (χ0n) is 5.78. The molecule has 0 aliphatic carbocycles. The highest BCUT2D eigenvalue weighted by atomic mass is 28.2. The minimum atomic E-state index is 0.0787. The second-order valence-corrected chi connectivity index (χ2v) is 4.16. The fourth-order valence-electron chi connectivity index (χ4n) is 0.474. The van der Waals surface area contributed by atoms with Crippen LogP contribution in [0.5, 0.6) is 0 Å². The van der Waals surface area contributed by atoms with Gasteiger partial charge in [-0.2, -0.15) is 0 Å². The predicted octanol–water partition coefficient (Wildman–Crippen LogP) is 1.68. The van der Waals surface area contributed by atoms with E-state index in [-0.39, 0.29) is 9.52 Å².